The van der Waals surface area contributed by atoms with Crippen LogP contribution in [0, 0.1) is 5.82 Å². The van der Waals surface area contributed by atoms with Gasteiger partial charge in [0.2, 0.25) is 0 Å². The van der Waals surface area contributed by atoms with Crippen molar-refractivity contribution >= 4 is 5.69 Å². The molecule has 4 nitrogen and oxygen atoms in total. The van der Waals surface area contributed by atoms with E-state index in [4.69, 9.17) is 4.74 Å². The first-order valence-electron chi connectivity index (χ1n) is 9.73. The predicted molar refractivity (Wildman–Crippen MR) is 106 cm³/mol. The van der Waals surface area contributed by atoms with Crippen LogP contribution in [-0.4, -0.2) is 55.4 Å². The number of aliphatic hydroxyl groups is 1. The summed E-state index contributed by atoms with van der Waals surface area (Å²) in [7, 11) is 0. The van der Waals surface area contributed by atoms with Gasteiger partial charge in [0.05, 0.1) is 18.8 Å². The molecule has 0 amide bonds. The summed E-state index contributed by atoms with van der Waals surface area (Å²) in [6.07, 6.45) is 0.406. The minimum atomic E-state index is -0.500. The molecule has 0 unspecified atom stereocenters. The maximum absolute atomic E-state index is 13.1. The molecular formula is C22H29FN2O2. The number of anilines is 1. The first-order valence-corrected chi connectivity index (χ1v) is 9.73. The molecule has 1 fully saturated rings. The Balaban J connectivity index is 1.41. The maximum atomic E-state index is 13.1. The summed E-state index contributed by atoms with van der Waals surface area (Å²) in [5, 5.41) is 10.4. The highest BCUT2D eigenvalue weighted by atomic mass is 19.1. The number of halogens is 1. The molecule has 146 valence electrons. The first kappa shape index (κ1) is 19.8. The third-order valence-corrected chi connectivity index (χ3v) is 5.06. The van der Waals surface area contributed by atoms with E-state index in [0.29, 0.717) is 13.2 Å². The van der Waals surface area contributed by atoms with Gasteiger partial charge in [0, 0.05) is 38.4 Å². The summed E-state index contributed by atoms with van der Waals surface area (Å²) >= 11 is 0. The second kappa shape index (κ2) is 9.83. The van der Waals surface area contributed by atoms with Crippen molar-refractivity contribution in [1.29, 1.82) is 0 Å². The molecular weight excluding hydrogens is 343 g/mol. The maximum Gasteiger partial charge on any atom is 0.123 e. The number of hydrogen-bond acceptors (Lipinski definition) is 4. The summed E-state index contributed by atoms with van der Waals surface area (Å²) in [4.78, 5) is 4.51. The van der Waals surface area contributed by atoms with Crippen molar-refractivity contribution in [3.05, 3.63) is 66.0 Å². The summed E-state index contributed by atoms with van der Waals surface area (Å²) in [5.74, 6) is -0.207. The van der Waals surface area contributed by atoms with Crippen molar-refractivity contribution in [2.24, 2.45) is 0 Å². The van der Waals surface area contributed by atoms with Crippen molar-refractivity contribution in [2.75, 3.05) is 44.2 Å². The van der Waals surface area contributed by atoms with Crippen molar-refractivity contribution in [2.45, 2.75) is 25.6 Å². The monoisotopic (exact) mass is 372 g/mol. The van der Waals surface area contributed by atoms with Crippen LogP contribution < -0.4 is 4.90 Å². The molecule has 2 aromatic carbocycles. The average molecular weight is 372 g/mol. The molecule has 0 radical (unpaired) electrons. The molecule has 1 aliphatic rings. The SMILES string of the molecule is CC[C@H](OC[C@H](O)CN1CCN(c2ccc(F)cc2)CC1)c1ccccc1. The second-order valence-electron chi connectivity index (χ2n) is 7.06. The molecule has 27 heavy (non-hydrogen) atoms. The van der Waals surface area contributed by atoms with Crippen LogP contribution in [0.15, 0.2) is 54.6 Å². The molecule has 0 saturated carbocycles. The number of rotatable bonds is 8. The van der Waals surface area contributed by atoms with Crippen molar-refractivity contribution < 1.29 is 14.2 Å². The highest BCUT2D eigenvalue weighted by Crippen LogP contribution is 2.21. The van der Waals surface area contributed by atoms with Gasteiger partial charge in [-0.3, -0.25) is 4.90 Å². The fraction of sp³-hybridized carbons (Fsp3) is 0.455. The van der Waals surface area contributed by atoms with E-state index < -0.39 is 6.10 Å². The molecule has 3 rings (SSSR count). The van der Waals surface area contributed by atoms with E-state index >= 15 is 0 Å². The van der Waals surface area contributed by atoms with E-state index in [1.807, 2.05) is 30.3 Å². The van der Waals surface area contributed by atoms with E-state index in [-0.39, 0.29) is 11.9 Å². The van der Waals surface area contributed by atoms with Gasteiger partial charge in [0.15, 0.2) is 0 Å². The zero-order chi connectivity index (χ0) is 19.1. The van der Waals surface area contributed by atoms with E-state index in [1.165, 1.54) is 12.1 Å². The molecule has 1 heterocycles. The highest BCUT2D eigenvalue weighted by Gasteiger charge is 2.20. The van der Waals surface area contributed by atoms with Crippen LogP contribution >= 0.6 is 0 Å². The molecule has 2 atom stereocenters. The van der Waals surface area contributed by atoms with Crippen LogP contribution in [0.25, 0.3) is 0 Å². The van der Waals surface area contributed by atoms with Crippen LogP contribution in [-0.2, 0) is 4.74 Å². The van der Waals surface area contributed by atoms with Gasteiger partial charge in [-0.15, -0.1) is 0 Å². The summed E-state index contributed by atoms with van der Waals surface area (Å²) in [6.45, 7) is 6.56. The Morgan fingerprint density at radius 1 is 1.00 bits per heavy atom. The first-order chi connectivity index (χ1) is 13.2. The molecule has 1 N–H and O–H groups in total. The van der Waals surface area contributed by atoms with Crippen molar-refractivity contribution in [1.82, 2.24) is 4.90 Å². The summed E-state index contributed by atoms with van der Waals surface area (Å²) in [6, 6.07) is 16.8. The minimum absolute atomic E-state index is 0.0242. The van der Waals surface area contributed by atoms with Crippen molar-refractivity contribution in [3.8, 4) is 0 Å². The van der Waals surface area contributed by atoms with Crippen molar-refractivity contribution in [3.63, 3.8) is 0 Å². The molecule has 0 bridgehead atoms. The molecule has 0 spiro atoms. The molecule has 0 aromatic heterocycles. The molecule has 5 heteroatoms. The standard InChI is InChI=1S/C22H29FN2O2/c1-2-22(18-6-4-3-5-7-18)27-17-21(26)16-24-12-14-25(15-13-24)20-10-8-19(23)9-11-20/h3-11,21-22,26H,2,12-17H2,1H3/t21-,22+/m1/s1. The lowest BCUT2D eigenvalue weighted by molar-refractivity contribution is -0.0240. The number of β-amino-alcohol motifs (C(OH)–C–C–N with tert-alkyl or cyclic N) is 1. The molecule has 0 aliphatic carbocycles. The van der Waals surface area contributed by atoms with Crippen LogP contribution in [0.2, 0.25) is 0 Å². The van der Waals surface area contributed by atoms with E-state index in [1.54, 1.807) is 0 Å². The number of piperazine rings is 1. The van der Waals surface area contributed by atoms with Gasteiger partial charge in [-0.1, -0.05) is 37.3 Å². The zero-order valence-electron chi connectivity index (χ0n) is 15.9. The summed E-state index contributed by atoms with van der Waals surface area (Å²) in [5.41, 5.74) is 2.20. The van der Waals surface area contributed by atoms with E-state index in [9.17, 15) is 9.50 Å². The smallest absolute Gasteiger partial charge is 0.123 e. The lowest BCUT2D eigenvalue weighted by Crippen LogP contribution is -2.49. The quantitative estimate of drug-likeness (QED) is 0.770. The zero-order valence-corrected chi connectivity index (χ0v) is 15.9. The number of benzene rings is 2. The van der Waals surface area contributed by atoms with Crippen LogP contribution in [0.1, 0.15) is 25.0 Å². The Hall–Kier alpha value is -1.95. The number of aliphatic hydroxyl groups excluding tert-OH is 1. The number of nitrogens with zero attached hydrogens (tertiary/aromatic N) is 2. The number of ether oxygens (including phenoxy) is 1. The summed E-state index contributed by atoms with van der Waals surface area (Å²) < 4.78 is 19.0. The van der Waals surface area contributed by atoms with Crippen LogP contribution in [0.3, 0.4) is 0 Å². The average Bonchev–Trinajstić information content (AvgIpc) is 2.70. The van der Waals surface area contributed by atoms with Crippen LogP contribution in [0.5, 0.6) is 0 Å². The van der Waals surface area contributed by atoms with Gasteiger partial charge in [-0.25, -0.2) is 4.39 Å². The molecule has 2 aromatic rings. The Morgan fingerprint density at radius 3 is 2.30 bits per heavy atom. The number of hydrogen-bond donors (Lipinski definition) is 1. The van der Waals surface area contributed by atoms with Gasteiger partial charge < -0.3 is 14.7 Å². The topological polar surface area (TPSA) is 35.9 Å². The molecule has 1 aliphatic heterocycles. The Bertz CT molecular complexity index is 672. The van der Waals surface area contributed by atoms with Crippen LogP contribution in [0.4, 0.5) is 10.1 Å². The fourth-order valence-corrected chi connectivity index (χ4v) is 3.54. The van der Waals surface area contributed by atoms with Gasteiger partial charge in [-0.2, -0.15) is 0 Å². The largest absolute Gasteiger partial charge is 0.389 e. The normalized spacial score (nSPS) is 17.7. The molecule has 1 saturated heterocycles. The van der Waals surface area contributed by atoms with E-state index in [2.05, 4.69) is 28.9 Å². The van der Waals surface area contributed by atoms with Gasteiger partial charge in [0.25, 0.3) is 0 Å². The Labute approximate surface area is 161 Å². The predicted octanol–water partition coefficient (Wildman–Crippen LogP) is 3.48. The Kier molecular flexibility index (Phi) is 7.21. The highest BCUT2D eigenvalue weighted by molar-refractivity contribution is 5.46. The van der Waals surface area contributed by atoms with Gasteiger partial charge in [-0.05, 0) is 36.2 Å². The lowest BCUT2D eigenvalue weighted by Gasteiger charge is -2.37. The minimum Gasteiger partial charge on any atom is -0.389 e. The van der Waals surface area contributed by atoms with Gasteiger partial charge in [0.1, 0.15) is 5.82 Å². The fourth-order valence-electron chi connectivity index (χ4n) is 3.54. The lowest BCUT2D eigenvalue weighted by atomic mass is 10.1. The third-order valence-electron chi connectivity index (χ3n) is 5.06. The second-order valence-corrected chi connectivity index (χ2v) is 7.06. The van der Waals surface area contributed by atoms with Gasteiger partial charge >= 0.3 is 0 Å². The van der Waals surface area contributed by atoms with E-state index in [0.717, 1.165) is 43.9 Å². The Morgan fingerprint density at radius 2 is 1.67 bits per heavy atom. The third kappa shape index (κ3) is 5.76.